The molecule has 54 valence electrons. The minimum absolute atomic E-state index is 0.526. The monoisotopic (exact) mass is 137 g/mol. The lowest BCUT2D eigenvalue weighted by molar-refractivity contribution is 0.254. The molecule has 0 saturated carbocycles. The average molecular weight is 137 g/mol. The summed E-state index contributed by atoms with van der Waals surface area (Å²) in [5.41, 5.74) is 1.81. The maximum atomic E-state index is 5.17. The van der Waals surface area contributed by atoms with E-state index in [2.05, 4.69) is 18.5 Å². The Morgan fingerprint density at radius 1 is 1.80 bits per heavy atom. The molecule has 0 bridgehead atoms. The molecule has 0 spiro atoms. The summed E-state index contributed by atoms with van der Waals surface area (Å²) in [5, 5.41) is 2.95. The van der Waals surface area contributed by atoms with E-state index in [1.54, 1.807) is 0 Å². The maximum absolute atomic E-state index is 5.17. The molecule has 1 aliphatic heterocycles. The van der Waals surface area contributed by atoms with Crippen molar-refractivity contribution in [1.29, 1.82) is 0 Å². The van der Waals surface area contributed by atoms with Crippen molar-refractivity contribution in [2.75, 3.05) is 6.73 Å². The van der Waals surface area contributed by atoms with Crippen LogP contribution in [0.15, 0.2) is 36.3 Å². The first kappa shape index (κ1) is 6.93. The molecule has 0 atom stereocenters. The molecule has 1 rings (SSSR count). The number of nitrogens with one attached hydrogen (secondary N) is 1. The lowest BCUT2D eigenvalue weighted by Crippen LogP contribution is -2.02. The van der Waals surface area contributed by atoms with Crippen LogP contribution in [0.4, 0.5) is 0 Å². The van der Waals surface area contributed by atoms with Gasteiger partial charge in [-0.05, 0) is 13.0 Å². The Balaban J connectivity index is 2.72. The standard InChI is InChI=1S/C8H11NO/c1-6(2)4-8-7(3)9-5-10-8/h4,9H,1,3,5H2,2H3/b8-4+. The van der Waals surface area contributed by atoms with Crippen molar-refractivity contribution in [3.63, 3.8) is 0 Å². The lowest BCUT2D eigenvalue weighted by Gasteiger charge is -1.94. The third kappa shape index (κ3) is 1.41. The molecule has 1 saturated heterocycles. The van der Waals surface area contributed by atoms with Crippen LogP contribution in [0.25, 0.3) is 0 Å². The summed E-state index contributed by atoms with van der Waals surface area (Å²) in [6.07, 6.45) is 1.86. The van der Waals surface area contributed by atoms with Crippen LogP contribution in [0, 0.1) is 0 Å². The highest BCUT2D eigenvalue weighted by molar-refractivity contribution is 5.30. The van der Waals surface area contributed by atoms with Crippen LogP contribution < -0.4 is 5.32 Å². The zero-order chi connectivity index (χ0) is 7.56. The summed E-state index contributed by atoms with van der Waals surface area (Å²) >= 11 is 0. The number of rotatable bonds is 1. The molecule has 0 aromatic rings. The minimum Gasteiger partial charge on any atom is -0.471 e. The summed E-state index contributed by atoms with van der Waals surface area (Å²) in [5.74, 6) is 0.799. The van der Waals surface area contributed by atoms with E-state index < -0.39 is 0 Å². The van der Waals surface area contributed by atoms with Crippen molar-refractivity contribution in [2.24, 2.45) is 0 Å². The topological polar surface area (TPSA) is 21.3 Å². The second-order valence-electron chi connectivity index (χ2n) is 2.30. The highest BCUT2D eigenvalue weighted by Gasteiger charge is 2.09. The first-order valence-electron chi connectivity index (χ1n) is 3.13. The predicted molar refractivity (Wildman–Crippen MR) is 41.1 cm³/mol. The number of ether oxygens (including phenoxy) is 1. The van der Waals surface area contributed by atoms with Gasteiger partial charge in [0.2, 0.25) is 0 Å². The van der Waals surface area contributed by atoms with Gasteiger partial charge in [0.25, 0.3) is 0 Å². The van der Waals surface area contributed by atoms with Crippen LogP contribution in [0.1, 0.15) is 6.92 Å². The van der Waals surface area contributed by atoms with Gasteiger partial charge >= 0.3 is 0 Å². The van der Waals surface area contributed by atoms with E-state index in [9.17, 15) is 0 Å². The van der Waals surface area contributed by atoms with Gasteiger partial charge < -0.3 is 10.1 Å². The molecule has 1 heterocycles. The Kier molecular flexibility index (Phi) is 1.81. The van der Waals surface area contributed by atoms with Crippen molar-refractivity contribution in [1.82, 2.24) is 5.32 Å². The summed E-state index contributed by atoms with van der Waals surface area (Å²) in [6, 6.07) is 0. The fraction of sp³-hybridized carbons (Fsp3) is 0.250. The van der Waals surface area contributed by atoms with Crippen LogP contribution in [0.3, 0.4) is 0 Å². The molecule has 1 aliphatic rings. The highest BCUT2D eigenvalue weighted by Crippen LogP contribution is 2.13. The fourth-order valence-corrected chi connectivity index (χ4v) is 0.728. The van der Waals surface area contributed by atoms with Gasteiger partial charge in [-0.15, -0.1) is 0 Å². The highest BCUT2D eigenvalue weighted by atomic mass is 16.5. The first-order chi connectivity index (χ1) is 4.70. The quantitative estimate of drug-likeness (QED) is 0.592. The third-order valence-electron chi connectivity index (χ3n) is 1.19. The molecule has 0 unspecified atom stereocenters. The Morgan fingerprint density at radius 2 is 2.50 bits per heavy atom. The molecule has 2 nitrogen and oxygen atoms in total. The normalized spacial score (nSPS) is 20.5. The zero-order valence-electron chi connectivity index (χ0n) is 6.11. The van der Waals surface area contributed by atoms with Crippen LogP contribution >= 0.6 is 0 Å². The number of hydrogen-bond acceptors (Lipinski definition) is 2. The fourth-order valence-electron chi connectivity index (χ4n) is 0.728. The van der Waals surface area contributed by atoms with E-state index in [1.807, 2.05) is 13.0 Å². The summed E-state index contributed by atoms with van der Waals surface area (Å²) in [4.78, 5) is 0. The van der Waals surface area contributed by atoms with Crippen LogP contribution in [0.5, 0.6) is 0 Å². The van der Waals surface area contributed by atoms with Crippen LogP contribution in [0.2, 0.25) is 0 Å². The Hall–Kier alpha value is -1.18. The van der Waals surface area contributed by atoms with E-state index >= 15 is 0 Å². The van der Waals surface area contributed by atoms with Gasteiger partial charge in [-0.3, -0.25) is 0 Å². The van der Waals surface area contributed by atoms with E-state index in [0.717, 1.165) is 17.0 Å². The van der Waals surface area contributed by atoms with Crippen molar-refractivity contribution < 1.29 is 4.74 Å². The molecule has 10 heavy (non-hydrogen) atoms. The smallest absolute Gasteiger partial charge is 0.159 e. The Morgan fingerprint density at radius 3 is 2.90 bits per heavy atom. The largest absolute Gasteiger partial charge is 0.471 e. The van der Waals surface area contributed by atoms with Crippen molar-refractivity contribution in [3.8, 4) is 0 Å². The zero-order valence-corrected chi connectivity index (χ0v) is 6.11. The van der Waals surface area contributed by atoms with Gasteiger partial charge in [-0.2, -0.15) is 0 Å². The molecule has 0 aromatic heterocycles. The van der Waals surface area contributed by atoms with Crippen molar-refractivity contribution >= 4 is 0 Å². The van der Waals surface area contributed by atoms with Gasteiger partial charge in [0.1, 0.15) is 5.76 Å². The summed E-state index contributed by atoms with van der Waals surface area (Å²) in [6.45, 7) is 9.92. The van der Waals surface area contributed by atoms with Gasteiger partial charge in [0.05, 0.1) is 5.70 Å². The predicted octanol–water partition coefficient (Wildman–Crippen LogP) is 1.54. The second-order valence-corrected chi connectivity index (χ2v) is 2.30. The minimum atomic E-state index is 0.526. The SMILES string of the molecule is C=C(C)/C=C1/OCNC1=C. The third-order valence-corrected chi connectivity index (χ3v) is 1.19. The second kappa shape index (κ2) is 2.60. The van der Waals surface area contributed by atoms with E-state index in [-0.39, 0.29) is 0 Å². The van der Waals surface area contributed by atoms with Crippen LogP contribution in [-0.4, -0.2) is 6.73 Å². The number of allylic oxidation sites excluding steroid dienone is 2. The van der Waals surface area contributed by atoms with Gasteiger partial charge in [0.15, 0.2) is 6.73 Å². The van der Waals surface area contributed by atoms with Gasteiger partial charge in [-0.1, -0.05) is 18.7 Å². The lowest BCUT2D eigenvalue weighted by atomic mass is 10.3. The average Bonchev–Trinajstić information content (AvgIpc) is 2.15. The molecule has 0 aliphatic carbocycles. The van der Waals surface area contributed by atoms with Crippen molar-refractivity contribution in [2.45, 2.75) is 6.92 Å². The van der Waals surface area contributed by atoms with E-state index in [4.69, 9.17) is 4.74 Å². The molecule has 0 amide bonds. The summed E-state index contributed by atoms with van der Waals surface area (Å²) in [7, 11) is 0. The maximum Gasteiger partial charge on any atom is 0.159 e. The first-order valence-corrected chi connectivity index (χ1v) is 3.13. The Labute approximate surface area is 60.9 Å². The number of hydrogen-bond donors (Lipinski definition) is 1. The van der Waals surface area contributed by atoms with Gasteiger partial charge in [0, 0.05) is 0 Å². The summed E-state index contributed by atoms with van der Waals surface area (Å²) < 4.78 is 5.17. The molecule has 2 heteroatoms. The van der Waals surface area contributed by atoms with E-state index in [0.29, 0.717) is 6.73 Å². The van der Waals surface area contributed by atoms with E-state index in [1.165, 1.54) is 0 Å². The molecule has 0 aromatic carbocycles. The van der Waals surface area contributed by atoms with Crippen molar-refractivity contribution in [3.05, 3.63) is 36.3 Å². The molecule has 0 radical (unpaired) electrons. The van der Waals surface area contributed by atoms with Crippen LogP contribution in [-0.2, 0) is 4.74 Å². The van der Waals surface area contributed by atoms with Gasteiger partial charge in [-0.25, -0.2) is 0 Å². The molecular weight excluding hydrogens is 126 g/mol. The molecular formula is C8H11NO. The Bertz CT molecular complexity index is 203. The molecule has 1 fully saturated rings. The molecule has 1 N–H and O–H groups in total.